The summed E-state index contributed by atoms with van der Waals surface area (Å²) in [6.45, 7) is 5.60. The number of imide groups is 1. The molecule has 2 aromatic rings. The summed E-state index contributed by atoms with van der Waals surface area (Å²) in [5.74, 6) is -1.27. The molecule has 0 spiro atoms. The molecule has 3 N–H and O–H groups in total. The number of piperazine rings is 1. The number of carbonyl (C=O) groups excluding carboxylic acids is 4. The standard InChI is InChI=1S/C28H36N6O5/c1-4-33-25(37)28(16-21-12-8-9-13-30-21)19-32(14-15-34(28)26(33)38)23(35)22(31-24(36)27(2,3)29)18-39-17-20-10-6-5-7-11-20/h5-13,22H,4,14-19,29H2,1-3H3,(H,31,36). The van der Waals surface area contributed by atoms with E-state index in [0.717, 1.165) is 5.56 Å². The highest BCUT2D eigenvalue weighted by Crippen LogP contribution is 2.35. The highest BCUT2D eigenvalue weighted by Gasteiger charge is 2.60. The maximum Gasteiger partial charge on any atom is 0.327 e. The minimum Gasteiger partial charge on any atom is -0.374 e. The molecule has 39 heavy (non-hydrogen) atoms. The zero-order chi connectivity index (χ0) is 28.2. The minimum absolute atomic E-state index is 0.0272. The van der Waals surface area contributed by atoms with Crippen LogP contribution < -0.4 is 11.1 Å². The molecule has 11 heteroatoms. The smallest absolute Gasteiger partial charge is 0.327 e. The average molecular weight is 537 g/mol. The van der Waals surface area contributed by atoms with E-state index in [4.69, 9.17) is 10.5 Å². The Balaban J connectivity index is 1.58. The number of fused-ring (bicyclic) bond motifs is 1. The topological polar surface area (TPSA) is 138 Å². The van der Waals surface area contributed by atoms with Gasteiger partial charge in [-0.2, -0.15) is 0 Å². The van der Waals surface area contributed by atoms with E-state index in [1.807, 2.05) is 36.4 Å². The first-order chi connectivity index (χ1) is 18.6. The first-order valence-corrected chi connectivity index (χ1v) is 13.1. The Hall–Kier alpha value is -3.83. The lowest BCUT2D eigenvalue weighted by molar-refractivity contribution is -0.146. The van der Waals surface area contributed by atoms with Gasteiger partial charge in [0.1, 0.15) is 11.6 Å². The van der Waals surface area contributed by atoms with E-state index in [1.54, 1.807) is 44.0 Å². The van der Waals surface area contributed by atoms with Gasteiger partial charge in [-0.25, -0.2) is 4.79 Å². The molecular weight excluding hydrogens is 500 g/mol. The van der Waals surface area contributed by atoms with Crippen LogP contribution in [0.4, 0.5) is 4.79 Å². The van der Waals surface area contributed by atoms with Crippen LogP contribution in [0.5, 0.6) is 0 Å². The van der Waals surface area contributed by atoms with Crippen molar-refractivity contribution in [2.75, 3.05) is 32.8 Å². The number of rotatable bonds is 10. The zero-order valence-corrected chi connectivity index (χ0v) is 22.6. The Kier molecular flexibility index (Phi) is 8.31. The number of amides is 5. The van der Waals surface area contributed by atoms with Crippen LogP contribution >= 0.6 is 0 Å². The normalized spacial score (nSPS) is 20.2. The van der Waals surface area contributed by atoms with Gasteiger partial charge < -0.3 is 25.6 Å². The maximum absolute atomic E-state index is 13.9. The number of nitrogens with one attached hydrogen (secondary N) is 1. The van der Waals surface area contributed by atoms with E-state index in [9.17, 15) is 19.2 Å². The molecule has 0 aliphatic carbocycles. The van der Waals surface area contributed by atoms with E-state index >= 15 is 0 Å². The van der Waals surface area contributed by atoms with Crippen molar-refractivity contribution in [3.63, 3.8) is 0 Å². The third kappa shape index (κ3) is 5.94. The van der Waals surface area contributed by atoms with E-state index in [0.29, 0.717) is 5.69 Å². The van der Waals surface area contributed by atoms with Crippen LogP contribution in [-0.2, 0) is 32.1 Å². The number of nitrogens with two attached hydrogens (primary N) is 1. The number of hydrogen-bond acceptors (Lipinski definition) is 7. The SMILES string of the molecule is CCN1C(=O)N2CCN(C(=O)C(COCc3ccccc3)NC(=O)C(C)(C)N)CC2(Cc2ccccn2)C1=O. The molecule has 11 nitrogen and oxygen atoms in total. The number of carbonyl (C=O) groups is 4. The third-order valence-corrected chi connectivity index (χ3v) is 7.08. The molecule has 4 rings (SSSR count). The summed E-state index contributed by atoms with van der Waals surface area (Å²) in [7, 11) is 0. The Bertz CT molecular complexity index is 1200. The van der Waals surface area contributed by atoms with Crippen molar-refractivity contribution >= 4 is 23.8 Å². The molecular formula is C28H36N6O5. The number of nitrogens with zero attached hydrogens (tertiary/aromatic N) is 4. The van der Waals surface area contributed by atoms with Gasteiger partial charge in [0.05, 0.1) is 25.3 Å². The summed E-state index contributed by atoms with van der Waals surface area (Å²) in [5, 5.41) is 2.73. The highest BCUT2D eigenvalue weighted by atomic mass is 16.5. The summed E-state index contributed by atoms with van der Waals surface area (Å²) < 4.78 is 5.83. The second-order valence-electron chi connectivity index (χ2n) is 10.5. The zero-order valence-electron chi connectivity index (χ0n) is 22.6. The van der Waals surface area contributed by atoms with Gasteiger partial charge in [-0.05, 0) is 38.5 Å². The van der Waals surface area contributed by atoms with Crippen molar-refractivity contribution in [1.29, 1.82) is 0 Å². The first-order valence-electron chi connectivity index (χ1n) is 13.1. The fraction of sp³-hybridized carbons (Fsp3) is 0.464. The third-order valence-electron chi connectivity index (χ3n) is 7.08. The monoisotopic (exact) mass is 536 g/mol. The van der Waals surface area contributed by atoms with Gasteiger partial charge in [0, 0.05) is 37.9 Å². The van der Waals surface area contributed by atoms with E-state index in [1.165, 1.54) is 9.80 Å². The number of urea groups is 1. The molecule has 2 fully saturated rings. The Morgan fingerprint density at radius 2 is 1.85 bits per heavy atom. The van der Waals surface area contributed by atoms with Crippen LogP contribution in [0.2, 0.25) is 0 Å². The molecule has 0 saturated carbocycles. The molecule has 3 heterocycles. The molecule has 2 saturated heterocycles. The van der Waals surface area contributed by atoms with Crippen LogP contribution in [0.3, 0.4) is 0 Å². The largest absolute Gasteiger partial charge is 0.374 e. The molecule has 0 bridgehead atoms. The Labute approximate surface area is 228 Å². The quantitative estimate of drug-likeness (QED) is 0.431. The van der Waals surface area contributed by atoms with Crippen LogP contribution in [0, 0.1) is 0 Å². The van der Waals surface area contributed by atoms with Crippen molar-refractivity contribution < 1.29 is 23.9 Å². The molecule has 5 amide bonds. The lowest BCUT2D eigenvalue weighted by Gasteiger charge is -2.45. The van der Waals surface area contributed by atoms with Gasteiger partial charge >= 0.3 is 6.03 Å². The van der Waals surface area contributed by atoms with Crippen LogP contribution in [-0.4, -0.2) is 93.3 Å². The van der Waals surface area contributed by atoms with Gasteiger partial charge in [-0.1, -0.05) is 36.4 Å². The van der Waals surface area contributed by atoms with E-state index < -0.39 is 28.9 Å². The summed E-state index contributed by atoms with van der Waals surface area (Å²) >= 11 is 0. The van der Waals surface area contributed by atoms with Gasteiger partial charge in [0.2, 0.25) is 11.8 Å². The lowest BCUT2D eigenvalue weighted by atomic mass is 9.88. The summed E-state index contributed by atoms with van der Waals surface area (Å²) in [6.07, 6.45) is 1.79. The fourth-order valence-corrected chi connectivity index (χ4v) is 4.96. The summed E-state index contributed by atoms with van der Waals surface area (Å²) in [6, 6.07) is 13.5. The van der Waals surface area contributed by atoms with Crippen LogP contribution in [0.25, 0.3) is 0 Å². The molecule has 0 radical (unpaired) electrons. The minimum atomic E-state index is -1.29. The molecule has 2 unspecified atom stereocenters. The molecule has 1 aromatic heterocycles. The van der Waals surface area contributed by atoms with Crippen molar-refractivity contribution in [2.24, 2.45) is 5.73 Å². The van der Waals surface area contributed by atoms with Crippen LogP contribution in [0.1, 0.15) is 32.0 Å². The van der Waals surface area contributed by atoms with Gasteiger partial charge in [-0.15, -0.1) is 0 Å². The van der Waals surface area contributed by atoms with Crippen molar-refractivity contribution in [2.45, 2.75) is 50.9 Å². The number of ether oxygens (including phenoxy) is 1. The average Bonchev–Trinajstić information content (AvgIpc) is 3.13. The highest BCUT2D eigenvalue weighted by molar-refractivity contribution is 6.08. The number of hydrogen-bond donors (Lipinski definition) is 2. The first kappa shape index (κ1) is 28.2. The van der Waals surface area contributed by atoms with Crippen LogP contribution in [0.15, 0.2) is 54.7 Å². The van der Waals surface area contributed by atoms with Crippen molar-refractivity contribution in [3.8, 4) is 0 Å². The number of likely N-dealkylation sites (N-methyl/N-ethyl adjacent to an activating group) is 1. The Morgan fingerprint density at radius 1 is 1.13 bits per heavy atom. The number of benzene rings is 1. The molecule has 2 aliphatic rings. The van der Waals surface area contributed by atoms with Gasteiger partial charge in [0.25, 0.3) is 5.91 Å². The predicted molar refractivity (Wildman–Crippen MR) is 143 cm³/mol. The molecule has 2 aliphatic heterocycles. The molecule has 208 valence electrons. The summed E-state index contributed by atoms with van der Waals surface area (Å²) in [4.78, 5) is 62.1. The number of pyridine rings is 1. The second kappa shape index (κ2) is 11.5. The lowest BCUT2D eigenvalue weighted by Crippen LogP contribution is -2.67. The predicted octanol–water partition coefficient (Wildman–Crippen LogP) is 0.928. The molecule has 1 aromatic carbocycles. The number of aromatic nitrogens is 1. The second-order valence-corrected chi connectivity index (χ2v) is 10.5. The van der Waals surface area contributed by atoms with Gasteiger partial charge in [0.15, 0.2) is 0 Å². The van der Waals surface area contributed by atoms with Crippen molar-refractivity contribution in [1.82, 2.24) is 25.0 Å². The van der Waals surface area contributed by atoms with Gasteiger partial charge in [-0.3, -0.25) is 24.3 Å². The Morgan fingerprint density at radius 3 is 2.49 bits per heavy atom. The van der Waals surface area contributed by atoms with Crippen molar-refractivity contribution in [3.05, 3.63) is 66.0 Å². The van der Waals surface area contributed by atoms with E-state index in [2.05, 4.69) is 10.3 Å². The van der Waals surface area contributed by atoms with E-state index in [-0.39, 0.29) is 57.8 Å². The fourth-order valence-electron chi connectivity index (χ4n) is 4.96. The molecule has 2 atom stereocenters. The summed E-state index contributed by atoms with van der Waals surface area (Å²) in [5.41, 5.74) is 5.04. The maximum atomic E-state index is 13.9.